The van der Waals surface area contributed by atoms with Crippen LogP contribution in [0.25, 0.3) is 0 Å². The molecule has 2 heteroatoms. The van der Waals surface area contributed by atoms with Crippen molar-refractivity contribution >= 4 is 0 Å². The molecule has 0 aromatic heterocycles. The Bertz CT molecular complexity index is 128. The average Bonchev–Trinajstić information content (AvgIpc) is 2.25. The van der Waals surface area contributed by atoms with Crippen molar-refractivity contribution in [3.05, 3.63) is 0 Å². The molecule has 84 valence electrons. The van der Waals surface area contributed by atoms with Crippen molar-refractivity contribution in [1.82, 2.24) is 0 Å². The minimum atomic E-state index is 0.307. The third-order valence-corrected chi connectivity index (χ3v) is 3.17. The molecule has 0 aromatic carbocycles. The summed E-state index contributed by atoms with van der Waals surface area (Å²) in [6, 6.07) is 0. The van der Waals surface area contributed by atoms with E-state index in [9.17, 15) is 0 Å². The highest BCUT2D eigenvalue weighted by atomic mass is 16.5. The monoisotopic (exact) mass is 199 g/mol. The highest BCUT2D eigenvalue weighted by molar-refractivity contribution is 4.66. The van der Waals surface area contributed by atoms with Crippen molar-refractivity contribution < 1.29 is 4.74 Å². The van der Waals surface area contributed by atoms with Crippen molar-refractivity contribution in [1.29, 1.82) is 0 Å². The Morgan fingerprint density at radius 3 is 2.57 bits per heavy atom. The van der Waals surface area contributed by atoms with Gasteiger partial charge in [-0.3, -0.25) is 0 Å². The second kappa shape index (κ2) is 7.24. The van der Waals surface area contributed by atoms with E-state index >= 15 is 0 Å². The summed E-state index contributed by atoms with van der Waals surface area (Å²) in [5, 5.41) is 0. The first-order valence-electron chi connectivity index (χ1n) is 6.18. The van der Waals surface area contributed by atoms with Crippen LogP contribution in [-0.4, -0.2) is 19.3 Å². The lowest BCUT2D eigenvalue weighted by molar-refractivity contribution is 0.0209. The molecule has 0 amide bonds. The van der Waals surface area contributed by atoms with Crippen LogP contribution in [0.15, 0.2) is 0 Å². The van der Waals surface area contributed by atoms with Crippen LogP contribution in [0.3, 0.4) is 0 Å². The van der Waals surface area contributed by atoms with Gasteiger partial charge in [-0.25, -0.2) is 0 Å². The highest BCUT2D eigenvalue weighted by Crippen LogP contribution is 2.24. The Morgan fingerprint density at radius 1 is 1.29 bits per heavy atom. The molecule has 1 unspecified atom stereocenters. The quantitative estimate of drug-likeness (QED) is 0.714. The predicted molar refractivity (Wildman–Crippen MR) is 60.3 cm³/mol. The minimum absolute atomic E-state index is 0.307. The van der Waals surface area contributed by atoms with Gasteiger partial charge in [0, 0.05) is 13.2 Å². The molecule has 0 heterocycles. The van der Waals surface area contributed by atoms with E-state index in [2.05, 4.69) is 6.92 Å². The van der Waals surface area contributed by atoms with Gasteiger partial charge in [0.05, 0.1) is 6.10 Å². The van der Waals surface area contributed by atoms with E-state index in [1.807, 2.05) is 0 Å². The molecule has 0 bridgehead atoms. The van der Waals surface area contributed by atoms with Gasteiger partial charge < -0.3 is 10.5 Å². The Hall–Kier alpha value is -0.0800. The summed E-state index contributed by atoms with van der Waals surface area (Å²) >= 11 is 0. The van der Waals surface area contributed by atoms with Crippen molar-refractivity contribution in [2.45, 2.75) is 58.0 Å². The number of hydrogen-bond donors (Lipinski definition) is 1. The van der Waals surface area contributed by atoms with Crippen molar-refractivity contribution in [3.8, 4) is 0 Å². The van der Waals surface area contributed by atoms with E-state index < -0.39 is 0 Å². The molecule has 2 N–H and O–H groups in total. The van der Waals surface area contributed by atoms with Gasteiger partial charge in [-0.05, 0) is 25.2 Å². The number of rotatable bonds is 6. The van der Waals surface area contributed by atoms with Gasteiger partial charge in [-0.2, -0.15) is 0 Å². The first kappa shape index (κ1) is 12.0. The van der Waals surface area contributed by atoms with E-state index in [0.717, 1.165) is 18.9 Å². The molecule has 1 fully saturated rings. The molecule has 0 aliphatic heterocycles. The second-order valence-electron chi connectivity index (χ2n) is 4.48. The smallest absolute Gasteiger partial charge is 0.0697 e. The van der Waals surface area contributed by atoms with Crippen molar-refractivity contribution in [2.75, 3.05) is 13.2 Å². The van der Waals surface area contributed by atoms with Gasteiger partial charge >= 0.3 is 0 Å². The van der Waals surface area contributed by atoms with Gasteiger partial charge in [0.2, 0.25) is 0 Å². The lowest BCUT2D eigenvalue weighted by Crippen LogP contribution is -2.26. The van der Waals surface area contributed by atoms with Gasteiger partial charge in [-0.1, -0.05) is 32.6 Å². The zero-order valence-electron chi connectivity index (χ0n) is 9.50. The number of hydrogen-bond acceptors (Lipinski definition) is 2. The molecule has 1 aliphatic carbocycles. The van der Waals surface area contributed by atoms with Crippen LogP contribution in [-0.2, 0) is 4.74 Å². The maximum absolute atomic E-state index is 5.85. The summed E-state index contributed by atoms with van der Waals surface area (Å²) in [6.07, 6.45) is 9.54. The molecule has 0 aromatic rings. The fraction of sp³-hybridized carbons (Fsp3) is 1.00. The predicted octanol–water partition coefficient (Wildman–Crippen LogP) is 2.71. The third kappa shape index (κ3) is 4.43. The van der Waals surface area contributed by atoms with Gasteiger partial charge in [0.25, 0.3) is 0 Å². The van der Waals surface area contributed by atoms with Crippen LogP contribution in [0.5, 0.6) is 0 Å². The Balaban J connectivity index is 2.10. The van der Waals surface area contributed by atoms with Crippen LogP contribution >= 0.6 is 0 Å². The van der Waals surface area contributed by atoms with Crippen molar-refractivity contribution in [3.63, 3.8) is 0 Å². The maximum Gasteiger partial charge on any atom is 0.0697 e. The number of ether oxygens (including phenoxy) is 1. The van der Waals surface area contributed by atoms with Crippen LogP contribution in [0.1, 0.15) is 51.9 Å². The Labute approximate surface area is 88.2 Å². The molecule has 1 atom stereocenters. The second-order valence-corrected chi connectivity index (χ2v) is 4.48. The minimum Gasteiger partial charge on any atom is -0.377 e. The summed E-state index contributed by atoms with van der Waals surface area (Å²) < 4.78 is 5.85. The molecule has 0 saturated heterocycles. The molecular weight excluding hydrogens is 174 g/mol. The normalized spacial score (nSPS) is 21.0. The topological polar surface area (TPSA) is 35.2 Å². The zero-order valence-corrected chi connectivity index (χ0v) is 9.50. The molecule has 1 rings (SSSR count). The molecule has 14 heavy (non-hydrogen) atoms. The average molecular weight is 199 g/mol. The van der Waals surface area contributed by atoms with Crippen LogP contribution in [0.2, 0.25) is 0 Å². The summed E-state index contributed by atoms with van der Waals surface area (Å²) in [7, 11) is 0. The molecular formula is C12H25NO. The SMILES string of the molecule is CCCC(CN)OCC1CCCCC1. The molecule has 2 nitrogen and oxygen atoms in total. The fourth-order valence-electron chi connectivity index (χ4n) is 2.22. The van der Waals surface area contributed by atoms with E-state index in [-0.39, 0.29) is 0 Å². The summed E-state index contributed by atoms with van der Waals surface area (Å²) in [5.74, 6) is 0.814. The van der Waals surface area contributed by atoms with Gasteiger partial charge in [-0.15, -0.1) is 0 Å². The zero-order chi connectivity index (χ0) is 10.2. The summed E-state index contributed by atoms with van der Waals surface area (Å²) in [5.41, 5.74) is 5.65. The first-order valence-corrected chi connectivity index (χ1v) is 6.18. The Morgan fingerprint density at radius 2 is 2.00 bits per heavy atom. The van der Waals surface area contributed by atoms with E-state index in [0.29, 0.717) is 12.6 Å². The number of nitrogens with two attached hydrogens (primary N) is 1. The maximum atomic E-state index is 5.85. The standard InChI is InChI=1S/C12H25NO/c1-2-6-12(9-13)14-10-11-7-4-3-5-8-11/h11-12H,2-10,13H2,1H3. The van der Waals surface area contributed by atoms with Crippen LogP contribution in [0, 0.1) is 5.92 Å². The fourth-order valence-corrected chi connectivity index (χ4v) is 2.22. The van der Waals surface area contributed by atoms with E-state index in [1.165, 1.54) is 38.5 Å². The van der Waals surface area contributed by atoms with Crippen molar-refractivity contribution in [2.24, 2.45) is 11.7 Å². The summed E-state index contributed by atoms with van der Waals surface area (Å²) in [4.78, 5) is 0. The lowest BCUT2D eigenvalue weighted by Gasteiger charge is -2.24. The molecule has 1 saturated carbocycles. The molecule has 1 aliphatic rings. The van der Waals surface area contributed by atoms with Crippen LogP contribution < -0.4 is 5.73 Å². The van der Waals surface area contributed by atoms with Gasteiger partial charge in [0.1, 0.15) is 0 Å². The first-order chi connectivity index (χ1) is 6.86. The molecule has 0 spiro atoms. The van der Waals surface area contributed by atoms with E-state index in [1.54, 1.807) is 0 Å². The largest absolute Gasteiger partial charge is 0.377 e. The summed E-state index contributed by atoms with van der Waals surface area (Å²) in [6.45, 7) is 3.81. The third-order valence-electron chi connectivity index (χ3n) is 3.17. The Kier molecular flexibility index (Phi) is 6.20. The van der Waals surface area contributed by atoms with E-state index in [4.69, 9.17) is 10.5 Å². The lowest BCUT2D eigenvalue weighted by atomic mass is 9.90. The van der Waals surface area contributed by atoms with Gasteiger partial charge in [0.15, 0.2) is 0 Å². The highest BCUT2D eigenvalue weighted by Gasteiger charge is 2.15. The van der Waals surface area contributed by atoms with Crippen LogP contribution in [0.4, 0.5) is 0 Å². The molecule has 0 radical (unpaired) electrons.